The van der Waals surface area contributed by atoms with Gasteiger partial charge in [0.25, 0.3) is 5.91 Å². The van der Waals surface area contributed by atoms with Crippen LogP contribution in [-0.2, 0) is 13.1 Å². The molecule has 2 heterocycles. The molecule has 6 saturated carbocycles. The largest absolute Gasteiger partial charge is 0.365 e. The molecule has 3 amide bonds. The van der Waals surface area contributed by atoms with Gasteiger partial charge in [-0.3, -0.25) is 9.48 Å². The fourth-order valence-corrected chi connectivity index (χ4v) is 9.04. The maximum absolute atomic E-state index is 13.6. The summed E-state index contributed by atoms with van der Waals surface area (Å²) in [6.45, 7) is 1.09. The second-order valence-electron chi connectivity index (χ2n) is 10.4. The molecule has 1 aromatic carbocycles. The van der Waals surface area contributed by atoms with E-state index >= 15 is 0 Å². The van der Waals surface area contributed by atoms with Crippen LogP contribution in [0.3, 0.4) is 0 Å². The minimum absolute atomic E-state index is 0.0415. The first-order valence-electron chi connectivity index (χ1n) is 11.2. The van der Waals surface area contributed by atoms with Crippen LogP contribution in [0.1, 0.15) is 16.1 Å². The van der Waals surface area contributed by atoms with Gasteiger partial charge in [0, 0.05) is 12.1 Å². The van der Waals surface area contributed by atoms with Crippen molar-refractivity contribution < 1.29 is 14.0 Å². The van der Waals surface area contributed by atoms with Gasteiger partial charge in [-0.1, -0.05) is 11.6 Å². The van der Waals surface area contributed by atoms with Gasteiger partial charge in [-0.25, -0.2) is 9.18 Å². The van der Waals surface area contributed by atoms with E-state index in [-0.39, 0.29) is 34.1 Å². The number of nitrogens with two attached hydrogens (primary N) is 1. The zero-order valence-electron chi connectivity index (χ0n) is 17.3. The highest BCUT2D eigenvalue weighted by atomic mass is 35.5. The normalized spacial score (nSPS) is 41.2. The first kappa shape index (κ1) is 18.3. The van der Waals surface area contributed by atoms with Crippen molar-refractivity contribution in [3.63, 3.8) is 0 Å². The third-order valence-electron chi connectivity index (χ3n) is 9.85. The molecule has 3 N–H and O–H groups in total. The lowest BCUT2D eigenvalue weighted by Gasteiger charge is -3.09. The molecular formula is C23H18ClFN6O2. The summed E-state index contributed by atoms with van der Waals surface area (Å²) in [7, 11) is 0. The van der Waals surface area contributed by atoms with Crippen molar-refractivity contribution in [2.24, 2.45) is 46.7 Å². The van der Waals surface area contributed by atoms with E-state index in [4.69, 9.17) is 17.3 Å². The average Bonchev–Trinajstić information content (AvgIpc) is 3.20. The first-order chi connectivity index (χ1) is 15.9. The Morgan fingerprint density at radius 1 is 1.21 bits per heavy atom. The molecule has 6 aliphatic carbocycles. The summed E-state index contributed by atoms with van der Waals surface area (Å²) in [5.41, 5.74) is 7.19. The summed E-state index contributed by atoms with van der Waals surface area (Å²) < 4.78 is 15.3. The predicted octanol–water partition coefficient (Wildman–Crippen LogP) is 1.98. The topological polar surface area (TPSA) is 117 Å². The molecule has 0 unspecified atom stereocenters. The number of benzene rings is 1. The zero-order chi connectivity index (χ0) is 22.6. The molecule has 0 saturated heterocycles. The van der Waals surface area contributed by atoms with Gasteiger partial charge in [-0.05, 0) is 53.7 Å². The number of rotatable bonds is 3. The fraction of sp³-hybridized carbons (Fsp3) is 0.478. The number of fused-ring (bicyclic) bond motifs is 1. The van der Waals surface area contributed by atoms with Gasteiger partial charge >= 0.3 is 6.03 Å². The van der Waals surface area contributed by atoms with Gasteiger partial charge in [0.2, 0.25) is 0 Å². The predicted molar refractivity (Wildman–Crippen MR) is 112 cm³/mol. The summed E-state index contributed by atoms with van der Waals surface area (Å²) in [5.74, 6) is 1.71. The van der Waals surface area contributed by atoms with Crippen molar-refractivity contribution >= 4 is 23.5 Å². The van der Waals surface area contributed by atoms with Gasteiger partial charge in [-0.15, -0.1) is 0 Å². The van der Waals surface area contributed by atoms with Crippen molar-refractivity contribution in [2.45, 2.75) is 18.6 Å². The Labute approximate surface area is 192 Å². The van der Waals surface area contributed by atoms with E-state index in [1.54, 1.807) is 9.58 Å². The maximum Gasteiger partial charge on any atom is 0.318 e. The van der Waals surface area contributed by atoms with Crippen LogP contribution in [0.25, 0.3) is 11.3 Å². The van der Waals surface area contributed by atoms with Crippen molar-refractivity contribution in [1.29, 1.82) is 5.26 Å². The smallest absolute Gasteiger partial charge is 0.318 e. The van der Waals surface area contributed by atoms with Gasteiger partial charge in [0.15, 0.2) is 0 Å². The molecule has 166 valence electrons. The van der Waals surface area contributed by atoms with E-state index in [0.29, 0.717) is 65.5 Å². The van der Waals surface area contributed by atoms with E-state index < -0.39 is 11.7 Å². The number of nitrogens with one attached hydrogen (secondary N) is 1. The van der Waals surface area contributed by atoms with Crippen molar-refractivity contribution in [3.8, 4) is 17.3 Å². The fourth-order valence-electron chi connectivity index (χ4n) is 8.86. The molecule has 8 nitrogen and oxygen atoms in total. The number of hydrogen-bond acceptors (Lipinski definition) is 4. The number of halogens is 2. The molecule has 1 aliphatic heterocycles. The molecule has 0 atom stereocenters. The molecule has 2 aromatic rings. The lowest BCUT2D eigenvalue weighted by Crippen LogP contribution is -3.15. The van der Waals surface area contributed by atoms with Crippen LogP contribution >= 0.6 is 11.6 Å². The van der Waals surface area contributed by atoms with Gasteiger partial charge < -0.3 is 16.0 Å². The Kier molecular flexibility index (Phi) is 2.87. The number of primary amides is 1. The van der Waals surface area contributed by atoms with Crippen molar-refractivity contribution in [1.82, 2.24) is 20.0 Å². The maximum atomic E-state index is 13.6. The quantitative estimate of drug-likeness (QED) is 0.722. The molecule has 0 radical (unpaired) electrons. The summed E-state index contributed by atoms with van der Waals surface area (Å²) in [4.78, 5) is 27.3. The Bertz CT molecular complexity index is 1340. The minimum Gasteiger partial charge on any atom is -0.365 e. The number of hydrogen-bond donors (Lipinski definition) is 2. The van der Waals surface area contributed by atoms with E-state index in [9.17, 15) is 19.2 Å². The summed E-state index contributed by atoms with van der Waals surface area (Å²) in [5, 5.41) is 17.3. The molecule has 6 fully saturated rings. The number of aromatic nitrogens is 2. The first-order valence-corrected chi connectivity index (χ1v) is 11.6. The number of amides is 3. The third kappa shape index (κ3) is 1.58. The highest BCUT2D eigenvalue weighted by Gasteiger charge is 3.11. The molecule has 0 spiro atoms. The second-order valence-corrected chi connectivity index (χ2v) is 10.8. The monoisotopic (exact) mass is 464 g/mol. The van der Waals surface area contributed by atoms with Crippen LogP contribution in [-0.4, -0.2) is 38.7 Å². The lowest BCUT2D eigenvalue weighted by molar-refractivity contribution is -0.607. The summed E-state index contributed by atoms with van der Waals surface area (Å²) >= 11 is 5.93. The Morgan fingerprint density at radius 3 is 2.52 bits per heavy atom. The van der Waals surface area contributed by atoms with E-state index in [2.05, 4.69) is 16.5 Å². The van der Waals surface area contributed by atoms with E-state index in [1.165, 1.54) is 18.2 Å². The molecule has 0 bridgehead atoms. The minimum atomic E-state index is -0.656. The van der Waals surface area contributed by atoms with Crippen LogP contribution in [0, 0.1) is 58.1 Å². The standard InChI is InChI=1S/C23H18ClFN6O2/c24-9-5-8(1-2-10(9)25)19-12(20(27)32)11-6-30(3-4-31(11)29-19)21(33)28-23-16-13-17(23)15-18(23)14(16)22(13,15)7-26/h1-2,5,13-18H,3-4,6H2,(H2,27,32)(H,28,33). The number of carbonyl (C=O) groups excluding carboxylic acids is 2. The Morgan fingerprint density at radius 2 is 1.91 bits per heavy atom. The van der Waals surface area contributed by atoms with Crippen LogP contribution < -0.4 is 11.1 Å². The van der Waals surface area contributed by atoms with Crippen LogP contribution in [0.5, 0.6) is 0 Å². The van der Waals surface area contributed by atoms with Crippen molar-refractivity contribution in [2.75, 3.05) is 6.54 Å². The molecule has 10 heteroatoms. The van der Waals surface area contributed by atoms with Gasteiger partial charge in [0.1, 0.15) is 11.5 Å². The third-order valence-corrected chi connectivity index (χ3v) is 10.1. The number of carbonyl (C=O) groups is 2. The molecular weight excluding hydrogens is 447 g/mol. The Balaban J connectivity index is 1.06. The molecule has 9 rings (SSSR count). The highest BCUT2D eigenvalue weighted by molar-refractivity contribution is 6.31. The number of nitriles is 1. The molecule has 7 aliphatic rings. The second kappa shape index (κ2) is 5.17. The summed E-state index contributed by atoms with van der Waals surface area (Å²) in [6, 6.07) is 6.59. The lowest BCUT2D eigenvalue weighted by atomic mass is 8.94. The zero-order valence-corrected chi connectivity index (χ0v) is 18.0. The van der Waals surface area contributed by atoms with E-state index in [1.807, 2.05) is 0 Å². The molecule has 33 heavy (non-hydrogen) atoms. The van der Waals surface area contributed by atoms with Crippen LogP contribution in [0.2, 0.25) is 5.02 Å². The van der Waals surface area contributed by atoms with Gasteiger partial charge in [0.05, 0.1) is 46.4 Å². The number of nitrogens with zero attached hydrogens (tertiary/aromatic N) is 4. The van der Waals surface area contributed by atoms with Crippen LogP contribution in [0.15, 0.2) is 18.2 Å². The van der Waals surface area contributed by atoms with Crippen molar-refractivity contribution in [3.05, 3.63) is 40.3 Å². The Hall–Kier alpha value is -3.12. The SMILES string of the molecule is N#CC12C3C4C1C1C2C3C41NC(=O)N1CCn2nc(-c3ccc(F)c(Cl)c3)c(C(N)=O)c2C1. The van der Waals surface area contributed by atoms with Crippen LogP contribution in [0.4, 0.5) is 9.18 Å². The number of urea groups is 1. The highest BCUT2D eigenvalue weighted by Crippen LogP contribution is 3.06. The van der Waals surface area contributed by atoms with E-state index in [0.717, 1.165) is 0 Å². The average molecular weight is 465 g/mol. The van der Waals surface area contributed by atoms with Gasteiger partial charge in [-0.2, -0.15) is 10.4 Å². The molecule has 1 aromatic heterocycles. The summed E-state index contributed by atoms with van der Waals surface area (Å²) in [6.07, 6.45) is 0.